The molecular weight excluding hydrogens is 857 g/mol. The van der Waals surface area contributed by atoms with Crippen molar-refractivity contribution < 1.29 is 28.9 Å². The molecule has 275 valence electrons. The Morgan fingerprint density at radius 3 is 1.74 bits per heavy atom. The quantitative estimate of drug-likeness (QED) is 0.112. The van der Waals surface area contributed by atoms with Gasteiger partial charge in [0.05, 0.1) is 5.69 Å². The Bertz CT molecular complexity index is 2250. The number of unbranched alkanes of at least 4 members (excludes halogenated alkanes) is 1. The van der Waals surface area contributed by atoms with E-state index in [0.29, 0.717) is 11.3 Å². The van der Waals surface area contributed by atoms with Gasteiger partial charge in [0.15, 0.2) is 0 Å². The molecule has 5 aromatic carbocycles. The summed E-state index contributed by atoms with van der Waals surface area (Å²) in [5.41, 5.74) is 9.89. The average Bonchev–Trinajstić information content (AvgIpc) is 3.85. The van der Waals surface area contributed by atoms with Crippen molar-refractivity contribution in [3.8, 4) is 11.3 Å². The number of rotatable bonds is 8. The van der Waals surface area contributed by atoms with Gasteiger partial charge in [-0.15, -0.1) is 23.5 Å². The molecule has 2 aliphatic rings. The number of hydrogen-bond donors (Lipinski definition) is 0. The summed E-state index contributed by atoms with van der Waals surface area (Å²) in [4.78, 5) is 17.7. The predicted molar refractivity (Wildman–Crippen MR) is 207 cm³/mol. The van der Waals surface area contributed by atoms with Crippen molar-refractivity contribution in [2.24, 2.45) is 0 Å². The number of imidazole rings is 1. The van der Waals surface area contributed by atoms with E-state index >= 15 is 0 Å². The molecule has 0 bridgehead atoms. The van der Waals surface area contributed by atoms with Crippen molar-refractivity contribution in [3.63, 3.8) is 0 Å². The number of nitrogens with zero attached hydrogens (tertiary/aromatic N) is 7. The second-order valence-corrected chi connectivity index (χ2v) is 12.8. The Morgan fingerprint density at radius 1 is 0.685 bits per heavy atom. The van der Waals surface area contributed by atoms with Gasteiger partial charge >= 0.3 is 0 Å². The minimum atomic E-state index is -0.695. The average molecular weight is 893 g/mol. The van der Waals surface area contributed by atoms with Crippen LogP contribution < -0.4 is 19.6 Å². The Hall–Kier alpha value is -5.57. The molecule has 0 spiro atoms. The molecule has 0 N–H and O–H groups in total. The van der Waals surface area contributed by atoms with Crippen LogP contribution in [0.3, 0.4) is 0 Å². The third kappa shape index (κ3) is 7.32. The van der Waals surface area contributed by atoms with Crippen LogP contribution >= 0.6 is 0 Å². The number of aryl methyl sites for hydroxylation is 2. The molecule has 0 fully saturated rings. The fraction of sp³-hybridized carbons (Fsp3) is 0.136. The molecule has 0 atom stereocenters. The van der Waals surface area contributed by atoms with Gasteiger partial charge in [-0.1, -0.05) is 35.9 Å². The van der Waals surface area contributed by atoms with Crippen LogP contribution in [0.25, 0.3) is 16.9 Å². The van der Waals surface area contributed by atoms with Crippen molar-refractivity contribution in [1.82, 2.24) is 14.4 Å². The first-order chi connectivity index (χ1) is 26.0. The molecule has 7 nitrogen and oxygen atoms in total. The van der Waals surface area contributed by atoms with E-state index < -0.39 is 11.6 Å². The molecule has 10 heteroatoms. The van der Waals surface area contributed by atoms with Crippen molar-refractivity contribution in [2.45, 2.75) is 26.7 Å². The topological polar surface area (TPSA) is 43.2 Å². The van der Waals surface area contributed by atoms with Gasteiger partial charge in [-0.25, -0.2) is 4.98 Å². The van der Waals surface area contributed by atoms with Crippen molar-refractivity contribution >= 4 is 39.8 Å². The maximum atomic E-state index is 13.8. The normalized spacial score (nSPS) is 13.0. The summed E-state index contributed by atoms with van der Waals surface area (Å²) in [5.74, 6) is -1.36. The van der Waals surface area contributed by atoms with E-state index in [-0.39, 0.29) is 25.7 Å². The van der Waals surface area contributed by atoms with E-state index in [0.717, 1.165) is 60.8 Å². The molecule has 1 radical (unpaired) electrons. The maximum Gasteiger partial charge on any atom is 0.120 e. The first-order valence-corrected chi connectivity index (χ1v) is 17.6. The zero-order valence-electron chi connectivity index (χ0n) is 29.7. The summed E-state index contributed by atoms with van der Waals surface area (Å²) in [6.45, 7) is 10.2. The fourth-order valence-electron chi connectivity index (χ4n) is 6.73. The second-order valence-electron chi connectivity index (χ2n) is 12.8. The zero-order chi connectivity index (χ0) is 36.3. The van der Waals surface area contributed by atoms with Crippen molar-refractivity contribution in [3.05, 3.63) is 176 Å². The molecule has 4 heterocycles. The summed E-state index contributed by atoms with van der Waals surface area (Å²) in [7, 11) is 0. The summed E-state index contributed by atoms with van der Waals surface area (Å²) >= 11 is 0. The van der Waals surface area contributed by atoms with Crippen LogP contribution in [-0.4, -0.2) is 27.5 Å². The van der Waals surface area contributed by atoms with Crippen LogP contribution in [0.1, 0.15) is 24.2 Å². The molecule has 0 amide bonds. The van der Waals surface area contributed by atoms with E-state index in [1.807, 2.05) is 42.5 Å². The monoisotopic (exact) mass is 893 g/mol. The van der Waals surface area contributed by atoms with Gasteiger partial charge in [-0.3, -0.25) is 13.8 Å². The molecular formula is C44H36F2IrN7-5. The zero-order valence-corrected chi connectivity index (χ0v) is 32.1. The summed E-state index contributed by atoms with van der Waals surface area (Å²) in [6, 6.07) is 44.7. The third-order valence-electron chi connectivity index (χ3n) is 9.48. The summed E-state index contributed by atoms with van der Waals surface area (Å²) in [5, 5.41) is 0. The van der Waals surface area contributed by atoms with Crippen molar-refractivity contribution in [2.75, 3.05) is 32.7 Å². The van der Waals surface area contributed by atoms with Gasteiger partial charge < -0.3 is 24.0 Å². The smallest absolute Gasteiger partial charge is 0.120 e. The molecule has 0 aliphatic carbocycles. The maximum absolute atomic E-state index is 13.8. The summed E-state index contributed by atoms with van der Waals surface area (Å²) < 4.78 is 28.6. The number of anilines is 6. The number of benzene rings is 5. The Kier molecular flexibility index (Phi) is 11.0. The van der Waals surface area contributed by atoms with E-state index in [1.54, 1.807) is 12.4 Å². The fourth-order valence-corrected chi connectivity index (χ4v) is 6.73. The van der Waals surface area contributed by atoms with Crippen LogP contribution in [0.4, 0.5) is 42.9 Å². The molecule has 9 rings (SSSR count). The second kappa shape index (κ2) is 16.2. The molecule has 2 aromatic heterocycles. The van der Waals surface area contributed by atoms with Gasteiger partial charge in [0.1, 0.15) is 5.65 Å². The van der Waals surface area contributed by atoms with Gasteiger partial charge in [0, 0.05) is 78.3 Å². The van der Waals surface area contributed by atoms with E-state index in [4.69, 9.17) is 0 Å². The van der Waals surface area contributed by atoms with Gasteiger partial charge in [-0.05, 0) is 64.0 Å². The van der Waals surface area contributed by atoms with Crippen LogP contribution in [0, 0.1) is 57.0 Å². The van der Waals surface area contributed by atoms with Crippen LogP contribution in [0.15, 0.2) is 122 Å². The Morgan fingerprint density at radius 2 is 1.22 bits per heavy atom. The third-order valence-corrected chi connectivity index (χ3v) is 9.48. The van der Waals surface area contributed by atoms with Crippen LogP contribution in [0.2, 0.25) is 0 Å². The molecule has 0 saturated heterocycles. The Labute approximate surface area is 328 Å². The molecule has 2 aliphatic heterocycles. The number of halogens is 2. The largest absolute Gasteiger partial charge is 0.501 e. The standard InChI is InChI=1S/C30H26N4.C14H10F2N3.Ir/c1-3-13-25(14-4-1)33-23-31(27-17-7-9-19-29(27)33)21-11-12-22-32-24-34(26-15-5-2-6-16-26)30-20-10-8-18-28(30)32;1-8-9(2)19-6-5-17-13(14(19)18-8)11-4-3-10(15)7-12(11)16;/h1-10,13,15,17-20,23-24H,11-12,21-22H2;3,5-7H,1-2H3;/q-4;-1;. The predicted octanol–water partition coefficient (Wildman–Crippen LogP) is 10.0. The first kappa shape index (κ1) is 36.8. The van der Waals surface area contributed by atoms with Crippen molar-refractivity contribution in [1.29, 1.82) is 0 Å². The molecule has 0 unspecified atom stereocenters. The number of hydrogen-bond acceptors (Lipinski definition) is 6. The van der Waals surface area contributed by atoms with Crippen LogP contribution in [-0.2, 0) is 20.1 Å². The van der Waals surface area contributed by atoms with E-state index in [2.05, 4.69) is 134 Å². The SMILES string of the molecule is Cc1nc2c(-c3[c-]cc(F)cc3F)nccn2c1C.[Ir].[c-]1ccccc1N1[CH-]N(CCCCN2[CH-]N(c3[c-]cccc3)c3ccccc32)c2ccccc21. The Balaban J connectivity index is 0.000000191. The number of para-hydroxylation sites is 6. The number of aromatic nitrogens is 3. The number of fused-ring (bicyclic) bond motifs is 3. The van der Waals surface area contributed by atoms with Gasteiger partial charge in [0.25, 0.3) is 0 Å². The van der Waals surface area contributed by atoms with E-state index in [1.165, 1.54) is 22.7 Å². The van der Waals surface area contributed by atoms with E-state index in [9.17, 15) is 8.78 Å². The molecule has 7 aromatic rings. The van der Waals surface area contributed by atoms with Gasteiger partial charge in [0.2, 0.25) is 0 Å². The minimum absolute atomic E-state index is 0. The molecule has 54 heavy (non-hydrogen) atoms. The summed E-state index contributed by atoms with van der Waals surface area (Å²) in [6.07, 6.45) is 5.52. The first-order valence-electron chi connectivity index (χ1n) is 17.6. The van der Waals surface area contributed by atoms with Crippen LogP contribution in [0.5, 0.6) is 0 Å². The molecule has 0 saturated carbocycles. The van der Waals surface area contributed by atoms with Gasteiger partial charge in [-0.2, -0.15) is 74.0 Å². The minimum Gasteiger partial charge on any atom is -0.501 e.